The second kappa shape index (κ2) is 7.13. The van der Waals surface area contributed by atoms with Crippen LogP contribution in [0.4, 0.5) is 0 Å². The number of carbonyl (C=O) groups is 1. The summed E-state index contributed by atoms with van der Waals surface area (Å²) in [6.07, 6.45) is 5.35. The second-order valence-electron chi connectivity index (χ2n) is 6.05. The van der Waals surface area contributed by atoms with E-state index in [1.807, 2.05) is 4.90 Å². The molecular weight excluding hydrogens is 282 g/mol. The van der Waals surface area contributed by atoms with E-state index in [2.05, 4.69) is 20.2 Å². The van der Waals surface area contributed by atoms with Gasteiger partial charge in [0.2, 0.25) is 5.91 Å². The van der Waals surface area contributed by atoms with Gasteiger partial charge in [0, 0.05) is 63.8 Å². The van der Waals surface area contributed by atoms with Gasteiger partial charge in [-0.25, -0.2) is 0 Å². The van der Waals surface area contributed by atoms with Crippen LogP contribution in [0.2, 0.25) is 0 Å². The van der Waals surface area contributed by atoms with Crippen LogP contribution in [0, 0.1) is 5.92 Å². The number of β-amino-alcohol motifs (C(OH)–C–C–N with tert-alkyl or cyclic N) is 1. The van der Waals surface area contributed by atoms with Crippen molar-refractivity contribution in [3.63, 3.8) is 0 Å². The summed E-state index contributed by atoms with van der Waals surface area (Å²) in [5.41, 5.74) is 0.891. The summed E-state index contributed by atoms with van der Waals surface area (Å²) in [5, 5.41) is 13.5. The van der Waals surface area contributed by atoms with Gasteiger partial charge >= 0.3 is 0 Å². The number of hydrogen-bond acceptors (Lipinski definition) is 6. The molecule has 0 radical (unpaired) electrons. The van der Waals surface area contributed by atoms with Crippen molar-refractivity contribution in [1.29, 1.82) is 0 Å². The van der Waals surface area contributed by atoms with E-state index < -0.39 is 6.10 Å². The Kier molecular flexibility index (Phi) is 4.97. The molecule has 120 valence electrons. The number of likely N-dealkylation sites (tertiary alicyclic amines) is 1. The third kappa shape index (κ3) is 3.79. The lowest BCUT2D eigenvalue weighted by Gasteiger charge is -2.29. The topological polar surface area (TPSA) is 81.6 Å². The zero-order valence-corrected chi connectivity index (χ0v) is 12.7. The first-order valence-corrected chi connectivity index (χ1v) is 7.86. The van der Waals surface area contributed by atoms with Gasteiger partial charge in [-0.1, -0.05) is 0 Å². The summed E-state index contributed by atoms with van der Waals surface area (Å²) >= 11 is 0. The molecule has 0 bridgehead atoms. The van der Waals surface area contributed by atoms with Gasteiger partial charge in [-0.15, -0.1) is 0 Å². The number of nitrogens with one attached hydrogen (secondary N) is 1. The number of aromatic nitrogens is 2. The molecule has 7 nitrogen and oxygen atoms in total. The fourth-order valence-electron chi connectivity index (χ4n) is 3.18. The molecule has 7 heteroatoms. The summed E-state index contributed by atoms with van der Waals surface area (Å²) in [4.78, 5) is 24.5. The summed E-state index contributed by atoms with van der Waals surface area (Å²) in [7, 11) is 0. The maximum atomic E-state index is 12.3. The van der Waals surface area contributed by atoms with Gasteiger partial charge in [0.1, 0.15) is 0 Å². The van der Waals surface area contributed by atoms with Crippen molar-refractivity contribution in [3.05, 3.63) is 24.3 Å². The van der Waals surface area contributed by atoms with E-state index in [4.69, 9.17) is 0 Å². The maximum Gasteiger partial charge on any atom is 0.236 e. The standard InChI is InChI=1S/C15H23N5O2/c21-14-10-19(11-15(22)20-5-3-16-4-6-20)9-12(14)7-13-8-17-1-2-18-13/h1-2,8,12,14,16,21H,3-7,9-11H2/t12-,14-/m1/s1. The Morgan fingerprint density at radius 2 is 2.14 bits per heavy atom. The van der Waals surface area contributed by atoms with Crippen molar-refractivity contribution in [2.75, 3.05) is 45.8 Å². The largest absolute Gasteiger partial charge is 0.391 e. The first-order chi connectivity index (χ1) is 10.7. The van der Waals surface area contributed by atoms with Gasteiger partial charge in [-0.2, -0.15) is 0 Å². The lowest BCUT2D eigenvalue weighted by atomic mass is 10.0. The van der Waals surface area contributed by atoms with Crippen LogP contribution < -0.4 is 5.32 Å². The SMILES string of the molecule is O=C(CN1C[C@@H](Cc2cnccn2)[C@H](O)C1)N1CCNCC1. The Morgan fingerprint density at radius 3 is 2.86 bits per heavy atom. The van der Waals surface area contributed by atoms with E-state index >= 15 is 0 Å². The quantitative estimate of drug-likeness (QED) is 0.723. The number of nitrogens with zero attached hydrogens (tertiary/aromatic N) is 4. The third-order valence-corrected chi connectivity index (χ3v) is 4.40. The first kappa shape index (κ1) is 15.3. The van der Waals surface area contributed by atoms with Gasteiger partial charge < -0.3 is 15.3 Å². The van der Waals surface area contributed by atoms with E-state index in [0.717, 1.165) is 38.4 Å². The molecule has 1 aromatic rings. The molecule has 2 atom stereocenters. The van der Waals surface area contributed by atoms with Crippen LogP contribution >= 0.6 is 0 Å². The lowest BCUT2D eigenvalue weighted by Crippen LogP contribution is -2.49. The highest BCUT2D eigenvalue weighted by Crippen LogP contribution is 2.20. The van der Waals surface area contributed by atoms with Crippen LogP contribution in [0.1, 0.15) is 5.69 Å². The van der Waals surface area contributed by atoms with Crippen molar-refractivity contribution < 1.29 is 9.90 Å². The smallest absolute Gasteiger partial charge is 0.236 e. The van der Waals surface area contributed by atoms with Crippen molar-refractivity contribution in [3.8, 4) is 0 Å². The average Bonchev–Trinajstić information content (AvgIpc) is 2.88. The Bertz CT molecular complexity index is 492. The molecular formula is C15H23N5O2. The molecule has 3 heterocycles. The number of aliphatic hydroxyl groups is 1. The van der Waals surface area contributed by atoms with E-state index in [1.165, 1.54) is 0 Å². The number of carbonyl (C=O) groups excluding carboxylic acids is 1. The molecule has 0 saturated carbocycles. The maximum absolute atomic E-state index is 12.3. The molecule has 2 saturated heterocycles. The van der Waals surface area contributed by atoms with Crippen LogP contribution in [0.25, 0.3) is 0 Å². The fourth-order valence-corrected chi connectivity index (χ4v) is 3.18. The molecule has 2 fully saturated rings. The highest BCUT2D eigenvalue weighted by molar-refractivity contribution is 5.78. The lowest BCUT2D eigenvalue weighted by molar-refractivity contribution is -0.132. The van der Waals surface area contributed by atoms with Crippen LogP contribution in [-0.4, -0.2) is 82.7 Å². The van der Waals surface area contributed by atoms with Crippen molar-refractivity contribution in [2.24, 2.45) is 5.92 Å². The van der Waals surface area contributed by atoms with Crippen LogP contribution in [0.5, 0.6) is 0 Å². The van der Waals surface area contributed by atoms with Crippen LogP contribution in [0.15, 0.2) is 18.6 Å². The molecule has 3 rings (SSSR count). The molecule has 22 heavy (non-hydrogen) atoms. The van der Waals surface area contributed by atoms with Gasteiger partial charge in [-0.3, -0.25) is 19.7 Å². The van der Waals surface area contributed by atoms with Gasteiger partial charge in [0.15, 0.2) is 0 Å². The molecule has 0 aliphatic carbocycles. The molecule has 2 N–H and O–H groups in total. The number of hydrogen-bond donors (Lipinski definition) is 2. The van der Waals surface area contributed by atoms with E-state index in [0.29, 0.717) is 19.5 Å². The molecule has 1 aromatic heterocycles. The monoisotopic (exact) mass is 305 g/mol. The second-order valence-corrected chi connectivity index (χ2v) is 6.05. The molecule has 0 spiro atoms. The number of amides is 1. The molecule has 2 aliphatic rings. The van der Waals surface area contributed by atoms with Crippen molar-refractivity contribution >= 4 is 5.91 Å². The zero-order valence-electron chi connectivity index (χ0n) is 12.7. The van der Waals surface area contributed by atoms with Crippen LogP contribution in [0.3, 0.4) is 0 Å². The van der Waals surface area contributed by atoms with Gasteiger partial charge in [0.05, 0.1) is 18.3 Å². The number of aliphatic hydroxyl groups excluding tert-OH is 1. The Labute approximate surface area is 130 Å². The minimum Gasteiger partial charge on any atom is -0.391 e. The molecule has 1 amide bonds. The highest BCUT2D eigenvalue weighted by Gasteiger charge is 2.33. The summed E-state index contributed by atoms with van der Waals surface area (Å²) in [6, 6.07) is 0. The first-order valence-electron chi connectivity index (χ1n) is 7.86. The highest BCUT2D eigenvalue weighted by atomic mass is 16.3. The van der Waals surface area contributed by atoms with Gasteiger partial charge in [0.25, 0.3) is 0 Å². The summed E-state index contributed by atoms with van der Waals surface area (Å²) in [6.45, 7) is 4.97. The minimum absolute atomic E-state index is 0.118. The Hall–Kier alpha value is -1.57. The third-order valence-electron chi connectivity index (χ3n) is 4.40. The zero-order chi connectivity index (χ0) is 15.4. The van der Waals surface area contributed by atoms with E-state index in [1.54, 1.807) is 18.6 Å². The minimum atomic E-state index is -0.405. The van der Waals surface area contributed by atoms with Crippen molar-refractivity contribution in [2.45, 2.75) is 12.5 Å². The van der Waals surface area contributed by atoms with E-state index in [-0.39, 0.29) is 11.8 Å². The van der Waals surface area contributed by atoms with Crippen LogP contribution in [-0.2, 0) is 11.2 Å². The predicted octanol–water partition coefficient (Wildman–Crippen LogP) is -1.26. The van der Waals surface area contributed by atoms with Gasteiger partial charge in [-0.05, 0) is 6.42 Å². The molecule has 0 unspecified atom stereocenters. The molecule has 2 aliphatic heterocycles. The number of rotatable bonds is 4. The van der Waals surface area contributed by atoms with Crippen molar-refractivity contribution in [1.82, 2.24) is 25.1 Å². The normalized spacial score (nSPS) is 26.3. The Balaban J connectivity index is 1.51. The summed E-state index contributed by atoms with van der Waals surface area (Å²) < 4.78 is 0. The summed E-state index contributed by atoms with van der Waals surface area (Å²) in [5.74, 6) is 0.279. The average molecular weight is 305 g/mol. The molecule has 0 aromatic carbocycles. The Morgan fingerprint density at radius 1 is 1.32 bits per heavy atom. The van der Waals surface area contributed by atoms with E-state index in [9.17, 15) is 9.90 Å². The fraction of sp³-hybridized carbons (Fsp3) is 0.667. The number of piperazine rings is 1. The predicted molar refractivity (Wildman–Crippen MR) is 81.1 cm³/mol.